The van der Waals surface area contributed by atoms with Crippen LogP contribution in [0.4, 0.5) is 0 Å². The van der Waals surface area contributed by atoms with Crippen LogP contribution in [-0.2, 0) is 9.63 Å². The van der Waals surface area contributed by atoms with Crippen molar-refractivity contribution in [3.05, 3.63) is 0 Å². The summed E-state index contributed by atoms with van der Waals surface area (Å²) in [6.45, 7) is 0. The molecule has 0 saturated carbocycles. The molecule has 0 aromatic rings. The molecule has 0 amide bonds. The molecule has 0 saturated heterocycles. The van der Waals surface area contributed by atoms with Crippen molar-refractivity contribution in [2.45, 2.75) is 0 Å². The normalized spacial score (nSPS) is 8.75. The summed E-state index contributed by atoms with van der Waals surface area (Å²) in [4.78, 5) is 12.4. The van der Waals surface area contributed by atoms with E-state index in [4.69, 9.17) is 6.17 Å². The summed E-state index contributed by atoms with van der Waals surface area (Å²) in [5, 5.41) is 0. The lowest BCUT2D eigenvalue weighted by Gasteiger charge is -1.66. The first kappa shape index (κ1) is 1.72. The predicted molar refractivity (Wildman–Crippen MR) is 11.3 cm³/mol. The van der Waals surface area contributed by atoms with Crippen LogP contribution in [0.2, 0.25) is 0 Å². The minimum Gasteiger partial charge on any atom is -0.376 e. The van der Waals surface area contributed by atoms with Crippen LogP contribution < -0.4 is 5.90 Å². The van der Waals surface area contributed by atoms with Gasteiger partial charge in [-0.2, -0.15) is 5.90 Å². The van der Waals surface area contributed by atoms with E-state index in [1.165, 1.54) is 0 Å². The zero-order chi connectivity index (χ0) is 4.28. The largest absolute Gasteiger partial charge is 0.376 e. The zero-order valence-electron chi connectivity index (χ0n) is 2.89. The van der Waals surface area contributed by atoms with Crippen LogP contribution in [-0.4, -0.2) is 6.45 Å². The molecule has 0 bridgehead atoms. The topological polar surface area (TPSA) is 52.3 Å². The van der Waals surface area contributed by atoms with E-state index in [1.54, 1.807) is 0 Å². The monoisotopic (exact) mass is 62.0 g/mol. The summed E-state index contributed by atoms with van der Waals surface area (Å²) in [5.74, 6) is 4.13. The second kappa shape index (κ2) is 2.43. The second-order valence-electron chi connectivity index (χ2n) is 0.201. The van der Waals surface area contributed by atoms with Gasteiger partial charge in [0.05, 0.1) is 0 Å². The van der Waals surface area contributed by atoms with Crippen LogP contribution in [0.1, 0.15) is 1.37 Å². The number of carbonyl (C=O) groups excluding carboxylic acids is 1. The van der Waals surface area contributed by atoms with Crippen molar-refractivity contribution >= 4 is 6.45 Å². The van der Waals surface area contributed by atoms with Gasteiger partial charge in [-0.15, -0.1) is 0 Å². The van der Waals surface area contributed by atoms with E-state index < -0.39 is 6.45 Å². The highest BCUT2D eigenvalue weighted by atomic mass is 16.6. The van der Waals surface area contributed by atoms with Crippen LogP contribution in [0.15, 0.2) is 0 Å². The van der Waals surface area contributed by atoms with Gasteiger partial charge in [0.15, 0.2) is 1.37 Å². The fraction of sp³-hybridized carbons (Fsp3) is 0. The maximum atomic E-state index is 9.13. The van der Waals surface area contributed by atoms with Crippen molar-refractivity contribution in [1.82, 2.24) is 0 Å². The van der Waals surface area contributed by atoms with Gasteiger partial charge in [-0.25, -0.2) is 0 Å². The van der Waals surface area contributed by atoms with Gasteiger partial charge in [-0.3, -0.25) is 4.79 Å². The maximum absolute atomic E-state index is 9.13. The zero-order valence-corrected chi connectivity index (χ0v) is 1.89. The summed E-state index contributed by atoms with van der Waals surface area (Å²) in [5.41, 5.74) is 0. The van der Waals surface area contributed by atoms with E-state index in [0.717, 1.165) is 0 Å². The van der Waals surface area contributed by atoms with Crippen LogP contribution in [0, 0.1) is 0 Å². The van der Waals surface area contributed by atoms with E-state index in [1.807, 2.05) is 0 Å². The number of hydrogen-bond acceptors (Lipinski definition) is 3. The first-order chi connectivity index (χ1) is 2.27. The van der Waals surface area contributed by atoms with E-state index >= 15 is 0 Å². The summed E-state index contributed by atoms with van der Waals surface area (Å²) < 4.78 is 5.84. The fourth-order valence-electron chi connectivity index (χ4n) is 0. The number of hydrogen-bond donors (Lipinski definition) is 1. The molecular formula is CH3NO2. The van der Waals surface area contributed by atoms with Gasteiger partial charge in [0, 0.05) is 0 Å². The van der Waals surface area contributed by atoms with Gasteiger partial charge in [0.2, 0.25) is 0 Å². The van der Waals surface area contributed by atoms with E-state index in [2.05, 4.69) is 10.7 Å². The first-order valence-electron chi connectivity index (χ1n) is 1.14. The Bertz CT molecular complexity index is 44.9. The summed E-state index contributed by atoms with van der Waals surface area (Å²) in [7, 11) is 0. The number of rotatable bonds is 0. The highest BCUT2D eigenvalue weighted by Crippen LogP contribution is 1.24. The summed E-state index contributed by atoms with van der Waals surface area (Å²) in [6.07, 6.45) is -1.22. The van der Waals surface area contributed by atoms with E-state index in [0.29, 0.717) is 0 Å². The molecule has 0 aliphatic heterocycles. The molecule has 2 N–H and O–H groups in total. The van der Waals surface area contributed by atoms with Crippen molar-refractivity contribution < 1.29 is 11.0 Å². The van der Waals surface area contributed by atoms with E-state index in [-0.39, 0.29) is 0 Å². The summed E-state index contributed by atoms with van der Waals surface area (Å²) >= 11 is 0. The molecule has 3 nitrogen and oxygen atoms in total. The number of carbonyl (C=O) groups is 1. The van der Waals surface area contributed by atoms with Gasteiger partial charge < -0.3 is 4.84 Å². The minimum absolute atomic E-state index is 1.22. The van der Waals surface area contributed by atoms with Crippen molar-refractivity contribution in [3.63, 3.8) is 0 Å². The third kappa shape index (κ3) is 1.43. The van der Waals surface area contributed by atoms with Crippen molar-refractivity contribution in [2.75, 3.05) is 0 Å². The molecule has 0 spiro atoms. The van der Waals surface area contributed by atoms with Crippen molar-refractivity contribution in [3.8, 4) is 0 Å². The van der Waals surface area contributed by atoms with Crippen LogP contribution in [0.5, 0.6) is 0 Å². The first-order valence-corrected chi connectivity index (χ1v) is 0.644. The third-order valence-electron chi connectivity index (χ3n) is 0.0481. The molecule has 0 heterocycles. The Kier molecular flexibility index (Phi) is 1.05. The molecule has 4 heavy (non-hydrogen) atoms. The predicted octanol–water partition coefficient (Wildman–Crippen LogP) is -0.967. The van der Waals surface area contributed by atoms with Crippen LogP contribution >= 0.6 is 0 Å². The SMILES string of the molecule is [2H]C(=O)ON. The molecule has 0 radical (unpaired) electrons. The lowest BCUT2D eigenvalue weighted by atomic mass is 11.6. The Labute approximate surface area is 24.7 Å². The molecular weight excluding hydrogens is 58.0 g/mol. The molecule has 0 unspecified atom stereocenters. The van der Waals surface area contributed by atoms with Crippen molar-refractivity contribution in [2.24, 2.45) is 5.90 Å². The Morgan fingerprint density at radius 1 is 2.50 bits per heavy atom. The van der Waals surface area contributed by atoms with Gasteiger partial charge in [0.1, 0.15) is 0 Å². The molecule has 24 valence electrons. The third-order valence-corrected chi connectivity index (χ3v) is 0.0481. The van der Waals surface area contributed by atoms with Crippen LogP contribution in [0.25, 0.3) is 0 Å². The molecule has 0 aromatic heterocycles. The molecule has 0 aliphatic carbocycles. The molecule has 0 fully saturated rings. The standard InChI is InChI=1S/CH3NO2/c2-4-1-3/h1H,2H2/i1D. The fourth-order valence-corrected chi connectivity index (χ4v) is 0. The smallest absolute Gasteiger partial charge is 0.312 e. The Hall–Kier alpha value is -0.570. The molecule has 0 atom stereocenters. The molecule has 0 aliphatic rings. The number of nitrogens with two attached hydrogens (primary N) is 1. The highest BCUT2D eigenvalue weighted by molar-refractivity contribution is 5.35. The van der Waals surface area contributed by atoms with Gasteiger partial charge in [-0.05, 0) is 0 Å². The van der Waals surface area contributed by atoms with Gasteiger partial charge >= 0.3 is 6.45 Å². The lowest BCUT2D eigenvalue weighted by Crippen LogP contribution is -1.92. The minimum atomic E-state index is -1.22. The Balaban J connectivity index is 2.85. The average Bonchev–Trinajstić information content (AvgIpc) is 1.38. The maximum Gasteiger partial charge on any atom is 0.312 e. The quantitative estimate of drug-likeness (QED) is 0.290. The lowest BCUT2D eigenvalue weighted by molar-refractivity contribution is -0.129. The second-order valence-corrected chi connectivity index (χ2v) is 0.201. The Morgan fingerprint density at radius 2 is 2.75 bits per heavy atom. The summed E-state index contributed by atoms with van der Waals surface area (Å²) in [6, 6.07) is 0. The van der Waals surface area contributed by atoms with E-state index in [9.17, 15) is 0 Å². The van der Waals surface area contributed by atoms with Crippen molar-refractivity contribution in [1.29, 1.82) is 0 Å². The highest BCUT2D eigenvalue weighted by Gasteiger charge is 1.44. The average molecular weight is 62.0 g/mol. The van der Waals surface area contributed by atoms with Gasteiger partial charge in [-0.1, -0.05) is 0 Å². The van der Waals surface area contributed by atoms with Crippen LogP contribution in [0.3, 0.4) is 0 Å². The Morgan fingerprint density at radius 3 is 2.75 bits per heavy atom. The molecule has 3 heteroatoms. The molecule has 0 aromatic carbocycles. The molecule has 0 rings (SSSR count). The van der Waals surface area contributed by atoms with Gasteiger partial charge in [0.25, 0.3) is 0 Å².